The number of amides is 1. The molecule has 0 spiro atoms. The number of morpholine rings is 1. The number of nitrogens with zero attached hydrogens (tertiary/aromatic N) is 3. The Labute approximate surface area is 143 Å². The van der Waals surface area contributed by atoms with Crippen molar-refractivity contribution in [2.45, 2.75) is 57.8 Å². The maximum Gasteiger partial charge on any atom is 0.242 e. The molecule has 0 radical (unpaired) electrons. The van der Waals surface area contributed by atoms with Crippen molar-refractivity contribution in [1.29, 1.82) is 0 Å². The summed E-state index contributed by atoms with van der Waals surface area (Å²) in [6.45, 7) is 7.21. The van der Waals surface area contributed by atoms with E-state index in [0.717, 1.165) is 57.0 Å². The van der Waals surface area contributed by atoms with Crippen LogP contribution >= 0.6 is 0 Å². The lowest BCUT2D eigenvalue weighted by molar-refractivity contribution is -0.125. The third-order valence-corrected chi connectivity index (χ3v) is 5.08. The minimum Gasteiger partial charge on any atom is -0.389 e. The summed E-state index contributed by atoms with van der Waals surface area (Å²) in [5.41, 5.74) is 1.88. The van der Waals surface area contributed by atoms with Gasteiger partial charge >= 0.3 is 0 Å². The molecule has 2 N–H and O–H groups in total. The van der Waals surface area contributed by atoms with E-state index in [0.29, 0.717) is 0 Å². The van der Waals surface area contributed by atoms with Gasteiger partial charge in [0.2, 0.25) is 5.91 Å². The highest BCUT2D eigenvalue weighted by molar-refractivity contribution is 5.76. The average Bonchev–Trinajstić information content (AvgIpc) is 2.87. The smallest absolute Gasteiger partial charge is 0.242 e. The zero-order valence-electron chi connectivity index (χ0n) is 14.6. The van der Waals surface area contributed by atoms with Crippen molar-refractivity contribution < 1.29 is 14.6 Å². The number of aliphatic hydroxyl groups is 1. The number of nitrogens with one attached hydrogen (secondary N) is 1. The van der Waals surface area contributed by atoms with E-state index >= 15 is 0 Å². The summed E-state index contributed by atoms with van der Waals surface area (Å²) in [5.74, 6) is -0.0899. The van der Waals surface area contributed by atoms with Crippen LogP contribution in [-0.4, -0.2) is 70.2 Å². The predicted octanol–water partition coefficient (Wildman–Crippen LogP) is 0.230. The average molecular weight is 336 g/mol. The normalized spacial score (nSPS) is 28.7. The molecular weight excluding hydrogens is 308 g/mol. The Balaban J connectivity index is 1.57. The van der Waals surface area contributed by atoms with Crippen molar-refractivity contribution in [3.63, 3.8) is 0 Å². The van der Waals surface area contributed by atoms with Crippen LogP contribution in [0.4, 0.5) is 0 Å². The fraction of sp³-hybridized carbons (Fsp3) is 0.765. The highest BCUT2D eigenvalue weighted by Gasteiger charge is 2.36. The van der Waals surface area contributed by atoms with E-state index in [1.54, 1.807) is 4.68 Å². The quantitative estimate of drug-likeness (QED) is 0.823. The summed E-state index contributed by atoms with van der Waals surface area (Å²) in [4.78, 5) is 14.7. The molecule has 2 aliphatic rings. The van der Waals surface area contributed by atoms with Crippen LogP contribution in [0.2, 0.25) is 0 Å². The second-order valence-electron chi connectivity index (χ2n) is 6.90. The van der Waals surface area contributed by atoms with Crippen LogP contribution in [0.5, 0.6) is 0 Å². The van der Waals surface area contributed by atoms with E-state index in [1.165, 1.54) is 0 Å². The topological polar surface area (TPSA) is 79.6 Å². The van der Waals surface area contributed by atoms with Crippen LogP contribution in [0.1, 0.15) is 30.7 Å². The Morgan fingerprint density at radius 2 is 2.12 bits per heavy atom. The molecule has 2 heterocycles. The Kier molecular flexibility index (Phi) is 5.53. The summed E-state index contributed by atoms with van der Waals surface area (Å²) >= 11 is 0. The van der Waals surface area contributed by atoms with Gasteiger partial charge in [-0.05, 0) is 39.2 Å². The Morgan fingerprint density at radius 1 is 1.38 bits per heavy atom. The molecule has 1 saturated carbocycles. The molecule has 1 aliphatic heterocycles. The molecule has 24 heavy (non-hydrogen) atoms. The van der Waals surface area contributed by atoms with Crippen molar-refractivity contribution in [2.75, 3.05) is 26.3 Å². The predicted molar refractivity (Wildman–Crippen MR) is 89.7 cm³/mol. The van der Waals surface area contributed by atoms with Crippen molar-refractivity contribution in [3.05, 3.63) is 17.5 Å². The molecule has 7 nitrogen and oxygen atoms in total. The lowest BCUT2D eigenvalue weighted by Gasteiger charge is -2.43. The van der Waals surface area contributed by atoms with Crippen LogP contribution in [0.15, 0.2) is 6.07 Å². The fourth-order valence-electron chi connectivity index (χ4n) is 3.85. The molecule has 1 amide bonds. The van der Waals surface area contributed by atoms with Gasteiger partial charge in [0, 0.05) is 24.8 Å². The molecular formula is C17H28N4O3. The van der Waals surface area contributed by atoms with Gasteiger partial charge in [-0.1, -0.05) is 0 Å². The van der Waals surface area contributed by atoms with E-state index in [-0.39, 0.29) is 24.5 Å². The number of aryl methyl sites for hydroxylation is 2. The Bertz CT molecular complexity index is 568. The number of ether oxygens (including phenoxy) is 1. The lowest BCUT2D eigenvalue weighted by atomic mass is 9.86. The first kappa shape index (κ1) is 17.4. The van der Waals surface area contributed by atoms with Gasteiger partial charge in [0.05, 0.1) is 31.1 Å². The van der Waals surface area contributed by atoms with Gasteiger partial charge < -0.3 is 15.2 Å². The maximum atomic E-state index is 12.4. The monoisotopic (exact) mass is 336 g/mol. The Hall–Kier alpha value is -1.44. The van der Waals surface area contributed by atoms with Crippen LogP contribution in [0.3, 0.4) is 0 Å². The maximum absolute atomic E-state index is 12.4. The summed E-state index contributed by atoms with van der Waals surface area (Å²) in [6, 6.07) is 1.88. The third-order valence-electron chi connectivity index (χ3n) is 5.08. The molecule has 3 atom stereocenters. The number of aliphatic hydroxyl groups excluding tert-OH is 1. The van der Waals surface area contributed by atoms with Gasteiger partial charge in [-0.3, -0.25) is 14.4 Å². The third kappa shape index (κ3) is 3.96. The van der Waals surface area contributed by atoms with Gasteiger partial charge in [0.25, 0.3) is 0 Å². The zero-order chi connectivity index (χ0) is 17.1. The van der Waals surface area contributed by atoms with E-state index in [2.05, 4.69) is 15.3 Å². The van der Waals surface area contributed by atoms with Crippen molar-refractivity contribution in [3.8, 4) is 0 Å². The molecule has 1 aromatic heterocycles. The van der Waals surface area contributed by atoms with E-state index < -0.39 is 6.10 Å². The van der Waals surface area contributed by atoms with Gasteiger partial charge in [-0.25, -0.2) is 0 Å². The van der Waals surface area contributed by atoms with E-state index in [9.17, 15) is 9.90 Å². The van der Waals surface area contributed by atoms with Crippen LogP contribution in [-0.2, 0) is 16.1 Å². The summed E-state index contributed by atoms with van der Waals surface area (Å²) in [6.07, 6.45) is 2.29. The minimum absolute atomic E-state index is 0.0899. The second kappa shape index (κ2) is 7.63. The van der Waals surface area contributed by atoms with E-state index in [1.807, 2.05) is 19.9 Å². The number of hydrogen-bond acceptors (Lipinski definition) is 5. The first-order valence-electron chi connectivity index (χ1n) is 8.85. The number of rotatable bonds is 4. The molecule has 2 fully saturated rings. The first-order chi connectivity index (χ1) is 11.5. The molecule has 3 rings (SSSR count). The summed E-state index contributed by atoms with van der Waals surface area (Å²) < 4.78 is 7.10. The number of aromatic nitrogens is 2. The number of carbonyl (C=O) groups excluding carboxylic acids is 1. The van der Waals surface area contributed by atoms with Gasteiger partial charge in [0.1, 0.15) is 6.54 Å². The standard InChI is InChI=1S/C17H28N4O3/c1-12-10-13(2)21(19-12)11-16(22)18-14-4-3-5-15(17(14)23)20-6-8-24-9-7-20/h10,14-15,17,23H,3-9,11H2,1-2H3,(H,18,22)/t14-,15-,17-/m1/s1. The largest absolute Gasteiger partial charge is 0.389 e. The lowest BCUT2D eigenvalue weighted by Crippen LogP contribution is -2.58. The summed E-state index contributed by atoms with van der Waals surface area (Å²) in [5, 5.41) is 18.1. The zero-order valence-corrected chi connectivity index (χ0v) is 14.6. The van der Waals surface area contributed by atoms with Gasteiger partial charge in [0.15, 0.2) is 0 Å². The fourth-order valence-corrected chi connectivity index (χ4v) is 3.85. The first-order valence-corrected chi connectivity index (χ1v) is 8.85. The minimum atomic E-state index is -0.527. The number of carbonyl (C=O) groups is 1. The highest BCUT2D eigenvalue weighted by Crippen LogP contribution is 2.24. The molecule has 7 heteroatoms. The van der Waals surface area contributed by atoms with Crippen LogP contribution < -0.4 is 5.32 Å². The molecule has 0 aromatic carbocycles. The molecule has 1 aliphatic carbocycles. The van der Waals surface area contributed by atoms with Crippen molar-refractivity contribution in [1.82, 2.24) is 20.0 Å². The molecule has 0 bridgehead atoms. The highest BCUT2D eigenvalue weighted by atomic mass is 16.5. The SMILES string of the molecule is Cc1cc(C)n(CC(=O)N[C@@H]2CCC[C@@H](N3CCOCC3)[C@@H]2O)n1. The molecule has 1 saturated heterocycles. The molecule has 0 unspecified atom stereocenters. The second-order valence-corrected chi connectivity index (χ2v) is 6.90. The van der Waals surface area contributed by atoms with Gasteiger partial charge in [-0.15, -0.1) is 0 Å². The van der Waals surface area contributed by atoms with Gasteiger partial charge in [-0.2, -0.15) is 5.10 Å². The summed E-state index contributed by atoms with van der Waals surface area (Å²) in [7, 11) is 0. The number of hydrogen-bond donors (Lipinski definition) is 2. The van der Waals surface area contributed by atoms with Crippen LogP contribution in [0.25, 0.3) is 0 Å². The van der Waals surface area contributed by atoms with Crippen molar-refractivity contribution >= 4 is 5.91 Å². The van der Waals surface area contributed by atoms with Crippen LogP contribution in [0, 0.1) is 13.8 Å². The Morgan fingerprint density at radius 3 is 2.79 bits per heavy atom. The van der Waals surface area contributed by atoms with Crippen molar-refractivity contribution in [2.24, 2.45) is 0 Å². The molecule has 1 aromatic rings. The molecule has 134 valence electrons. The van der Waals surface area contributed by atoms with E-state index in [4.69, 9.17) is 4.74 Å².